The summed E-state index contributed by atoms with van der Waals surface area (Å²) in [7, 11) is 0. The first-order chi connectivity index (χ1) is 7.79. The van der Waals surface area contributed by atoms with Crippen molar-refractivity contribution in [3.63, 3.8) is 0 Å². The van der Waals surface area contributed by atoms with E-state index in [2.05, 4.69) is 34.3 Å². The number of pyridine rings is 1. The zero-order chi connectivity index (χ0) is 11.4. The molecule has 1 atom stereocenters. The zero-order valence-electron chi connectivity index (χ0n) is 10.2. The molecule has 3 nitrogen and oxygen atoms in total. The number of anilines is 1. The van der Waals surface area contributed by atoms with Crippen molar-refractivity contribution >= 4 is 5.82 Å². The van der Waals surface area contributed by atoms with Crippen LogP contribution in [0.15, 0.2) is 18.2 Å². The maximum Gasteiger partial charge on any atom is 0.128 e. The van der Waals surface area contributed by atoms with Crippen LogP contribution < -0.4 is 10.2 Å². The van der Waals surface area contributed by atoms with Crippen LogP contribution in [0.4, 0.5) is 5.82 Å². The molecular weight excluding hydrogens is 198 g/mol. The number of aryl methyl sites for hydroxylation is 1. The summed E-state index contributed by atoms with van der Waals surface area (Å²) in [6, 6.07) is 6.88. The first-order valence-electron chi connectivity index (χ1n) is 6.21. The van der Waals surface area contributed by atoms with Gasteiger partial charge in [0, 0.05) is 24.8 Å². The Morgan fingerprint density at radius 2 is 2.38 bits per heavy atom. The van der Waals surface area contributed by atoms with Crippen molar-refractivity contribution in [2.75, 3.05) is 24.5 Å². The molecule has 2 rings (SSSR count). The first-order valence-corrected chi connectivity index (χ1v) is 6.21. The Labute approximate surface area is 97.9 Å². The smallest absolute Gasteiger partial charge is 0.128 e. The average molecular weight is 219 g/mol. The van der Waals surface area contributed by atoms with E-state index in [0.29, 0.717) is 6.04 Å². The second kappa shape index (κ2) is 5.30. The predicted octanol–water partition coefficient (Wildman–Crippen LogP) is 1.97. The molecule has 1 saturated heterocycles. The minimum absolute atomic E-state index is 0.641. The second-order valence-electron chi connectivity index (χ2n) is 4.47. The maximum absolute atomic E-state index is 4.58. The van der Waals surface area contributed by atoms with Gasteiger partial charge >= 0.3 is 0 Å². The molecule has 16 heavy (non-hydrogen) atoms. The van der Waals surface area contributed by atoms with Crippen LogP contribution in [0.1, 0.15) is 25.5 Å². The fourth-order valence-electron chi connectivity index (χ4n) is 2.27. The molecule has 1 unspecified atom stereocenters. The monoisotopic (exact) mass is 219 g/mol. The molecule has 0 aliphatic carbocycles. The van der Waals surface area contributed by atoms with Crippen LogP contribution in [0.5, 0.6) is 0 Å². The van der Waals surface area contributed by atoms with Crippen molar-refractivity contribution in [1.29, 1.82) is 0 Å². The van der Waals surface area contributed by atoms with Crippen LogP contribution >= 0.6 is 0 Å². The van der Waals surface area contributed by atoms with Gasteiger partial charge in [0.25, 0.3) is 0 Å². The Balaban J connectivity index is 2.03. The molecule has 1 aromatic heterocycles. The lowest BCUT2D eigenvalue weighted by Crippen LogP contribution is -2.37. The highest BCUT2D eigenvalue weighted by molar-refractivity contribution is 5.39. The topological polar surface area (TPSA) is 28.2 Å². The Bertz CT molecular complexity index is 332. The van der Waals surface area contributed by atoms with Crippen molar-refractivity contribution in [2.45, 2.75) is 32.7 Å². The van der Waals surface area contributed by atoms with Gasteiger partial charge in [-0.1, -0.05) is 6.07 Å². The SMILES string of the molecule is CCN(CC1CCCN1)c1cccc(C)n1. The lowest BCUT2D eigenvalue weighted by Gasteiger charge is -2.25. The summed E-state index contributed by atoms with van der Waals surface area (Å²) in [5, 5.41) is 3.54. The molecule has 0 aromatic carbocycles. The van der Waals surface area contributed by atoms with Crippen LogP contribution in [0.25, 0.3) is 0 Å². The van der Waals surface area contributed by atoms with E-state index in [1.165, 1.54) is 19.4 Å². The number of rotatable bonds is 4. The Kier molecular flexibility index (Phi) is 3.78. The highest BCUT2D eigenvalue weighted by Crippen LogP contribution is 2.14. The molecule has 0 spiro atoms. The van der Waals surface area contributed by atoms with E-state index in [0.717, 1.165) is 24.6 Å². The summed E-state index contributed by atoms with van der Waals surface area (Å²) in [6.45, 7) is 7.51. The van der Waals surface area contributed by atoms with Gasteiger partial charge < -0.3 is 10.2 Å². The molecular formula is C13H21N3. The van der Waals surface area contributed by atoms with Gasteiger partial charge in [0.05, 0.1) is 0 Å². The first kappa shape index (κ1) is 11.4. The predicted molar refractivity (Wildman–Crippen MR) is 67.9 cm³/mol. The number of likely N-dealkylation sites (N-methyl/N-ethyl adjacent to an activating group) is 1. The van der Waals surface area contributed by atoms with Crippen molar-refractivity contribution in [2.24, 2.45) is 0 Å². The van der Waals surface area contributed by atoms with Crippen molar-refractivity contribution in [3.05, 3.63) is 23.9 Å². The lowest BCUT2D eigenvalue weighted by molar-refractivity contribution is 0.583. The number of hydrogen-bond donors (Lipinski definition) is 1. The van der Waals surface area contributed by atoms with Gasteiger partial charge in [0.2, 0.25) is 0 Å². The van der Waals surface area contributed by atoms with Gasteiger partial charge in [0.15, 0.2) is 0 Å². The lowest BCUT2D eigenvalue weighted by atomic mass is 10.2. The molecule has 1 N–H and O–H groups in total. The third-order valence-electron chi connectivity index (χ3n) is 3.18. The minimum atomic E-state index is 0.641. The molecule has 1 aromatic rings. The third kappa shape index (κ3) is 2.73. The third-order valence-corrected chi connectivity index (χ3v) is 3.18. The largest absolute Gasteiger partial charge is 0.355 e. The number of nitrogens with zero attached hydrogens (tertiary/aromatic N) is 2. The molecule has 88 valence electrons. The van der Waals surface area contributed by atoms with E-state index in [4.69, 9.17) is 0 Å². The molecule has 1 fully saturated rings. The van der Waals surface area contributed by atoms with Crippen molar-refractivity contribution < 1.29 is 0 Å². The van der Waals surface area contributed by atoms with E-state index in [1.807, 2.05) is 13.0 Å². The summed E-state index contributed by atoms with van der Waals surface area (Å²) in [5.41, 5.74) is 1.09. The summed E-state index contributed by atoms with van der Waals surface area (Å²) in [5.74, 6) is 1.11. The molecule has 0 amide bonds. The maximum atomic E-state index is 4.58. The number of aromatic nitrogens is 1. The fourth-order valence-corrected chi connectivity index (χ4v) is 2.27. The van der Waals surface area contributed by atoms with Gasteiger partial charge in [-0.05, 0) is 45.4 Å². The summed E-state index contributed by atoms with van der Waals surface area (Å²) in [4.78, 5) is 6.94. The van der Waals surface area contributed by atoms with E-state index in [1.54, 1.807) is 0 Å². The summed E-state index contributed by atoms with van der Waals surface area (Å²) in [6.07, 6.45) is 2.60. The summed E-state index contributed by atoms with van der Waals surface area (Å²) >= 11 is 0. The van der Waals surface area contributed by atoms with Crippen LogP contribution in [-0.4, -0.2) is 30.7 Å². The van der Waals surface area contributed by atoms with E-state index >= 15 is 0 Å². The standard InChI is InChI=1S/C13H21N3/c1-3-16(10-12-7-5-9-14-12)13-8-4-6-11(2)15-13/h4,6,8,12,14H,3,5,7,9-10H2,1-2H3. The van der Waals surface area contributed by atoms with Gasteiger partial charge in [0.1, 0.15) is 5.82 Å². The molecule has 0 bridgehead atoms. The minimum Gasteiger partial charge on any atom is -0.355 e. The zero-order valence-corrected chi connectivity index (χ0v) is 10.2. The molecule has 2 heterocycles. The molecule has 1 aliphatic rings. The van der Waals surface area contributed by atoms with Gasteiger partial charge in [-0.3, -0.25) is 0 Å². The fraction of sp³-hybridized carbons (Fsp3) is 0.615. The van der Waals surface area contributed by atoms with Crippen LogP contribution in [-0.2, 0) is 0 Å². The summed E-state index contributed by atoms with van der Waals surface area (Å²) < 4.78 is 0. The Hall–Kier alpha value is -1.09. The van der Waals surface area contributed by atoms with Gasteiger partial charge in [-0.2, -0.15) is 0 Å². The highest BCUT2D eigenvalue weighted by Gasteiger charge is 2.17. The number of hydrogen-bond acceptors (Lipinski definition) is 3. The normalized spacial score (nSPS) is 20.0. The van der Waals surface area contributed by atoms with Crippen LogP contribution in [0, 0.1) is 6.92 Å². The van der Waals surface area contributed by atoms with Crippen LogP contribution in [0.3, 0.4) is 0 Å². The Morgan fingerprint density at radius 3 is 3.00 bits per heavy atom. The van der Waals surface area contributed by atoms with Gasteiger partial charge in [-0.25, -0.2) is 4.98 Å². The van der Waals surface area contributed by atoms with Gasteiger partial charge in [-0.15, -0.1) is 0 Å². The quantitative estimate of drug-likeness (QED) is 0.839. The Morgan fingerprint density at radius 1 is 1.50 bits per heavy atom. The molecule has 3 heteroatoms. The highest BCUT2D eigenvalue weighted by atomic mass is 15.2. The van der Waals surface area contributed by atoms with Crippen molar-refractivity contribution in [1.82, 2.24) is 10.3 Å². The second-order valence-corrected chi connectivity index (χ2v) is 4.47. The molecule has 0 radical (unpaired) electrons. The average Bonchev–Trinajstić information content (AvgIpc) is 2.78. The van der Waals surface area contributed by atoms with E-state index in [-0.39, 0.29) is 0 Å². The number of nitrogens with one attached hydrogen (secondary N) is 1. The van der Waals surface area contributed by atoms with E-state index < -0.39 is 0 Å². The van der Waals surface area contributed by atoms with Crippen molar-refractivity contribution in [3.8, 4) is 0 Å². The molecule has 1 aliphatic heterocycles. The van der Waals surface area contributed by atoms with Crippen LogP contribution in [0.2, 0.25) is 0 Å². The molecule has 0 saturated carbocycles. The van der Waals surface area contributed by atoms with E-state index in [9.17, 15) is 0 Å².